The molecule has 0 bridgehead atoms. The van der Waals surface area contributed by atoms with Crippen molar-refractivity contribution in [3.63, 3.8) is 0 Å². The van der Waals surface area contributed by atoms with Crippen molar-refractivity contribution in [1.29, 1.82) is 0 Å². The first-order valence-corrected chi connectivity index (χ1v) is 15.2. The second-order valence-corrected chi connectivity index (χ2v) is 10.7. The number of carbonyl (C=O) groups excluding carboxylic acids is 2. The second-order valence-electron chi connectivity index (χ2n) is 10.7. The van der Waals surface area contributed by atoms with Gasteiger partial charge in [0.05, 0.1) is 0 Å². The maximum atomic E-state index is 12.7. The lowest BCUT2D eigenvalue weighted by molar-refractivity contribution is -0.156. The van der Waals surface area contributed by atoms with E-state index in [4.69, 9.17) is 15.6 Å². The molecule has 0 spiro atoms. The molecular weight excluding hydrogens is 486 g/mol. The molecule has 0 aromatic rings. The zero-order valence-corrected chi connectivity index (χ0v) is 24.1. The number of ketones is 1. The Balaban J connectivity index is 4.66. The van der Waals surface area contributed by atoms with Gasteiger partial charge >= 0.3 is 17.9 Å². The minimum Gasteiger partial charge on any atom is -0.481 e. The molecule has 222 valence electrons. The van der Waals surface area contributed by atoms with Crippen molar-refractivity contribution >= 4 is 23.7 Å². The van der Waals surface area contributed by atoms with Crippen molar-refractivity contribution in [2.75, 3.05) is 0 Å². The lowest BCUT2D eigenvalue weighted by Crippen LogP contribution is -2.47. The Labute approximate surface area is 230 Å². The minimum absolute atomic E-state index is 0.259. The van der Waals surface area contributed by atoms with E-state index in [0.717, 1.165) is 44.9 Å². The van der Waals surface area contributed by atoms with Gasteiger partial charge in [-0.25, -0.2) is 0 Å². The lowest BCUT2D eigenvalue weighted by atomic mass is 9.91. The average molecular weight is 542 g/mol. The van der Waals surface area contributed by atoms with Gasteiger partial charge < -0.3 is 20.7 Å². The van der Waals surface area contributed by atoms with Crippen LogP contribution in [0.25, 0.3) is 0 Å². The molecule has 0 aliphatic carbocycles. The predicted molar refractivity (Wildman–Crippen MR) is 150 cm³/mol. The van der Waals surface area contributed by atoms with Crippen molar-refractivity contribution in [2.24, 2.45) is 11.7 Å². The van der Waals surface area contributed by atoms with Crippen LogP contribution >= 0.6 is 0 Å². The van der Waals surface area contributed by atoms with Crippen LogP contribution in [-0.2, 0) is 23.9 Å². The van der Waals surface area contributed by atoms with E-state index in [-0.39, 0.29) is 12.8 Å². The van der Waals surface area contributed by atoms with Crippen LogP contribution < -0.4 is 5.73 Å². The van der Waals surface area contributed by atoms with Crippen LogP contribution in [0.4, 0.5) is 0 Å². The summed E-state index contributed by atoms with van der Waals surface area (Å²) in [7, 11) is 0. The molecule has 3 atom stereocenters. The number of hydrogen-bond donors (Lipinski definition) is 3. The van der Waals surface area contributed by atoms with Crippen LogP contribution in [0.15, 0.2) is 0 Å². The molecule has 4 N–H and O–H groups in total. The number of rotatable bonds is 27. The quantitative estimate of drug-likeness (QED) is 0.0584. The summed E-state index contributed by atoms with van der Waals surface area (Å²) in [5, 5.41) is 18.5. The molecule has 0 amide bonds. The molecule has 0 rings (SSSR count). The van der Waals surface area contributed by atoms with Gasteiger partial charge in [0, 0.05) is 12.8 Å². The highest BCUT2D eigenvalue weighted by Crippen LogP contribution is 2.19. The zero-order chi connectivity index (χ0) is 28.6. The lowest BCUT2D eigenvalue weighted by Gasteiger charge is -2.21. The van der Waals surface area contributed by atoms with Crippen molar-refractivity contribution in [3.8, 4) is 0 Å². The summed E-state index contributed by atoms with van der Waals surface area (Å²) in [5.74, 6) is -6.20. The third-order valence-corrected chi connectivity index (χ3v) is 7.10. The van der Waals surface area contributed by atoms with Crippen LogP contribution in [0.5, 0.6) is 0 Å². The van der Waals surface area contributed by atoms with Crippen LogP contribution in [0.2, 0.25) is 0 Å². The number of unbranched alkanes of at least 4 members (excludes halogenated alkanes) is 16. The molecule has 8 heteroatoms. The molecule has 0 aromatic carbocycles. The summed E-state index contributed by atoms with van der Waals surface area (Å²) in [5.41, 5.74) is 5.47. The summed E-state index contributed by atoms with van der Waals surface area (Å²) in [6, 6.07) is -1.84. The van der Waals surface area contributed by atoms with E-state index < -0.39 is 41.8 Å². The first-order valence-electron chi connectivity index (χ1n) is 15.2. The molecule has 0 radical (unpaired) electrons. The fourth-order valence-corrected chi connectivity index (χ4v) is 4.70. The largest absolute Gasteiger partial charge is 0.481 e. The van der Waals surface area contributed by atoms with Gasteiger partial charge in [-0.2, -0.15) is 0 Å². The number of carbonyl (C=O) groups is 4. The molecule has 38 heavy (non-hydrogen) atoms. The van der Waals surface area contributed by atoms with E-state index in [1.54, 1.807) is 0 Å². The molecule has 0 saturated carbocycles. The summed E-state index contributed by atoms with van der Waals surface area (Å²) in [6.07, 6.45) is 19.8. The molecule has 0 aliphatic rings. The molecule has 0 heterocycles. The Morgan fingerprint density at radius 1 is 0.632 bits per heavy atom. The standard InChI is InChI=1S/C30H55NO7/c1-3-5-7-9-11-13-15-17-19-21-24(23-25(32)27(29(34)35)28(31)30(36)37)38-26(33)22-20-18-16-14-12-10-8-6-4-2/h24,27-28H,3-23,31H2,1-2H3,(H,34,35)(H,36,37)/t24?,27?,28-/m1/s1. The number of carboxylic acid groups (broad SMARTS) is 2. The summed E-state index contributed by atoms with van der Waals surface area (Å²) in [6.45, 7) is 4.39. The highest BCUT2D eigenvalue weighted by molar-refractivity contribution is 6.03. The van der Waals surface area contributed by atoms with E-state index in [0.29, 0.717) is 12.8 Å². The normalized spacial score (nSPS) is 13.6. The monoisotopic (exact) mass is 541 g/mol. The van der Waals surface area contributed by atoms with Crippen molar-refractivity contribution in [1.82, 2.24) is 0 Å². The number of aliphatic carboxylic acids is 2. The fourth-order valence-electron chi connectivity index (χ4n) is 4.70. The number of esters is 1. The van der Waals surface area contributed by atoms with Crippen LogP contribution in [0, 0.1) is 5.92 Å². The van der Waals surface area contributed by atoms with Gasteiger partial charge in [0.25, 0.3) is 0 Å². The summed E-state index contributed by atoms with van der Waals surface area (Å²) >= 11 is 0. The van der Waals surface area contributed by atoms with Crippen molar-refractivity contribution in [3.05, 3.63) is 0 Å². The Hall–Kier alpha value is -1.96. The number of ether oxygens (including phenoxy) is 1. The van der Waals surface area contributed by atoms with Gasteiger partial charge in [0.1, 0.15) is 18.1 Å². The molecule has 0 saturated heterocycles. The number of hydrogen-bond acceptors (Lipinski definition) is 6. The van der Waals surface area contributed by atoms with Crippen molar-refractivity contribution < 1.29 is 34.1 Å². The van der Waals surface area contributed by atoms with Gasteiger partial charge in [-0.15, -0.1) is 0 Å². The van der Waals surface area contributed by atoms with E-state index in [2.05, 4.69) is 13.8 Å². The van der Waals surface area contributed by atoms with Gasteiger partial charge in [0.15, 0.2) is 5.78 Å². The van der Waals surface area contributed by atoms with Crippen molar-refractivity contribution in [2.45, 2.75) is 161 Å². The number of carboxylic acids is 2. The first kappa shape index (κ1) is 36.0. The van der Waals surface area contributed by atoms with Gasteiger partial charge in [-0.05, 0) is 19.3 Å². The van der Waals surface area contributed by atoms with Crippen LogP contribution in [0.1, 0.15) is 149 Å². The molecular formula is C30H55NO7. The average Bonchev–Trinajstić information content (AvgIpc) is 2.86. The van der Waals surface area contributed by atoms with Crippen LogP contribution in [-0.4, -0.2) is 46.1 Å². The summed E-state index contributed by atoms with van der Waals surface area (Å²) in [4.78, 5) is 47.9. The third-order valence-electron chi connectivity index (χ3n) is 7.10. The number of Topliss-reactive ketones (excluding diaryl/α,β-unsaturated/α-hetero) is 1. The smallest absolute Gasteiger partial charge is 0.321 e. The van der Waals surface area contributed by atoms with Gasteiger partial charge in [-0.1, -0.05) is 117 Å². The van der Waals surface area contributed by atoms with E-state index >= 15 is 0 Å². The fraction of sp³-hybridized carbons (Fsp3) is 0.867. The SMILES string of the molecule is CCCCCCCCCCCC(=O)OC(CCCCCCCCCCC)CC(=O)C(C(=O)O)[C@@H](N)C(=O)O. The first-order chi connectivity index (χ1) is 18.2. The Bertz CT molecular complexity index is 653. The zero-order valence-electron chi connectivity index (χ0n) is 24.1. The maximum Gasteiger partial charge on any atom is 0.321 e. The topological polar surface area (TPSA) is 144 Å². The van der Waals surface area contributed by atoms with Gasteiger partial charge in [-0.3, -0.25) is 19.2 Å². The van der Waals surface area contributed by atoms with E-state index in [9.17, 15) is 24.3 Å². The van der Waals surface area contributed by atoms with E-state index in [1.807, 2.05) is 0 Å². The molecule has 0 aromatic heterocycles. The van der Waals surface area contributed by atoms with Crippen LogP contribution in [0.3, 0.4) is 0 Å². The second kappa shape index (κ2) is 24.1. The Kier molecular flexibility index (Phi) is 22.9. The molecule has 0 aliphatic heterocycles. The van der Waals surface area contributed by atoms with Gasteiger partial charge in [0.2, 0.25) is 0 Å². The van der Waals surface area contributed by atoms with E-state index in [1.165, 1.54) is 64.2 Å². The Morgan fingerprint density at radius 2 is 1.05 bits per heavy atom. The minimum atomic E-state index is -1.87. The Morgan fingerprint density at radius 3 is 1.47 bits per heavy atom. The molecule has 8 nitrogen and oxygen atoms in total. The molecule has 2 unspecified atom stereocenters. The summed E-state index contributed by atoms with van der Waals surface area (Å²) < 4.78 is 5.59. The number of nitrogens with two attached hydrogens (primary N) is 1. The third kappa shape index (κ3) is 19.2. The molecule has 0 fully saturated rings. The maximum absolute atomic E-state index is 12.7. The predicted octanol–water partition coefficient (Wildman–Crippen LogP) is 6.81. The highest BCUT2D eigenvalue weighted by Gasteiger charge is 2.38. The highest BCUT2D eigenvalue weighted by atomic mass is 16.5.